The third-order valence-electron chi connectivity index (χ3n) is 7.30. The molecule has 0 bridgehead atoms. The lowest BCUT2D eigenvalue weighted by atomic mass is 9.86. The van der Waals surface area contributed by atoms with Crippen molar-refractivity contribution in [3.8, 4) is 5.75 Å². The number of methoxy groups -OCH3 is 1. The van der Waals surface area contributed by atoms with Crippen LogP contribution in [0.3, 0.4) is 0 Å². The van der Waals surface area contributed by atoms with Crippen LogP contribution in [0.5, 0.6) is 5.75 Å². The minimum atomic E-state index is -0.482. The Morgan fingerprint density at radius 1 is 0.972 bits per heavy atom. The zero-order valence-corrected chi connectivity index (χ0v) is 22.8. The fourth-order valence-electron chi connectivity index (χ4n) is 4.96. The van der Waals surface area contributed by atoms with E-state index in [0.717, 1.165) is 42.6 Å². The monoisotopic (exact) mass is 492 g/mol. The third-order valence-corrected chi connectivity index (χ3v) is 7.30. The second-order valence-corrected chi connectivity index (χ2v) is 11.1. The summed E-state index contributed by atoms with van der Waals surface area (Å²) in [6, 6.07) is 16.0. The Morgan fingerprint density at radius 2 is 1.58 bits per heavy atom. The van der Waals surface area contributed by atoms with Crippen LogP contribution < -0.4 is 10.1 Å². The molecule has 0 saturated heterocycles. The molecule has 5 nitrogen and oxygen atoms in total. The number of carbonyl (C=O) groups is 2. The van der Waals surface area contributed by atoms with Crippen molar-refractivity contribution in [1.29, 1.82) is 0 Å². The minimum Gasteiger partial charge on any atom is -0.497 e. The van der Waals surface area contributed by atoms with Crippen LogP contribution in [-0.2, 0) is 28.0 Å². The maximum absolute atomic E-state index is 13.6. The van der Waals surface area contributed by atoms with Crippen LogP contribution in [0.2, 0.25) is 0 Å². The molecular formula is C31H44N2O3. The van der Waals surface area contributed by atoms with Gasteiger partial charge in [0.1, 0.15) is 11.8 Å². The Hall–Kier alpha value is -2.82. The Kier molecular flexibility index (Phi) is 9.98. The molecule has 196 valence electrons. The number of amides is 2. The average Bonchev–Trinajstić information content (AvgIpc) is 2.88. The van der Waals surface area contributed by atoms with E-state index in [0.29, 0.717) is 25.8 Å². The smallest absolute Gasteiger partial charge is 0.243 e. The van der Waals surface area contributed by atoms with Crippen molar-refractivity contribution >= 4 is 11.8 Å². The van der Waals surface area contributed by atoms with E-state index in [1.165, 1.54) is 12.0 Å². The molecule has 0 unspecified atom stereocenters. The van der Waals surface area contributed by atoms with Gasteiger partial charge in [0.2, 0.25) is 11.8 Å². The van der Waals surface area contributed by atoms with Crippen molar-refractivity contribution in [2.24, 2.45) is 0 Å². The first-order chi connectivity index (χ1) is 17.2. The van der Waals surface area contributed by atoms with Crippen molar-refractivity contribution in [3.63, 3.8) is 0 Å². The molecule has 3 rings (SSSR count). The number of nitrogens with zero attached hydrogens (tertiary/aromatic N) is 1. The van der Waals surface area contributed by atoms with E-state index in [2.05, 4.69) is 50.4 Å². The average molecular weight is 493 g/mol. The lowest BCUT2D eigenvalue weighted by Gasteiger charge is -2.33. The lowest BCUT2D eigenvalue weighted by Crippen LogP contribution is -2.51. The van der Waals surface area contributed by atoms with Gasteiger partial charge in [0.25, 0.3) is 0 Å². The number of ether oxygens (including phenoxy) is 1. The minimum absolute atomic E-state index is 0.0105. The van der Waals surface area contributed by atoms with Gasteiger partial charge >= 0.3 is 0 Å². The van der Waals surface area contributed by atoms with Gasteiger partial charge in [-0.1, -0.05) is 83.4 Å². The number of hydrogen-bond donors (Lipinski definition) is 1. The molecule has 36 heavy (non-hydrogen) atoms. The molecule has 0 aromatic heterocycles. The van der Waals surface area contributed by atoms with Crippen LogP contribution in [0.15, 0.2) is 48.5 Å². The maximum atomic E-state index is 13.6. The summed E-state index contributed by atoms with van der Waals surface area (Å²) in [6.07, 6.45) is 7.22. The van der Waals surface area contributed by atoms with Crippen LogP contribution in [0.25, 0.3) is 0 Å². The van der Waals surface area contributed by atoms with Crippen molar-refractivity contribution in [3.05, 3.63) is 65.2 Å². The number of aryl methyl sites for hydroxylation is 1. The normalized spacial score (nSPS) is 15.2. The molecule has 1 N–H and O–H groups in total. The maximum Gasteiger partial charge on any atom is 0.243 e. The van der Waals surface area contributed by atoms with Crippen molar-refractivity contribution < 1.29 is 14.3 Å². The quantitative estimate of drug-likeness (QED) is 0.431. The summed E-state index contributed by atoms with van der Waals surface area (Å²) in [7, 11) is 1.64. The number of rotatable bonds is 10. The Morgan fingerprint density at radius 3 is 2.14 bits per heavy atom. The standard InChI is InChI=1S/C31H44N2O3/c1-6-28(30(35)32-26-10-8-7-9-11-26)33(22-24-14-19-27(36-5)20-15-24)29(34)21-16-23-12-17-25(18-13-23)31(2,3)4/h12-15,17-20,26,28H,6-11,16,21-22H2,1-5H3,(H,32,35)/t28-/m0/s1. The molecule has 0 heterocycles. The van der Waals surface area contributed by atoms with Gasteiger partial charge in [0, 0.05) is 19.0 Å². The zero-order chi connectivity index (χ0) is 26.1. The first-order valence-electron chi connectivity index (χ1n) is 13.5. The largest absolute Gasteiger partial charge is 0.497 e. The fraction of sp³-hybridized carbons (Fsp3) is 0.548. The highest BCUT2D eigenvalue weighted by atomic mass is 16.5. The molecule has 1 aliphatic carbocycles. The summed E-state index contributed by atoms with van der Waals surface area (Å²) in [6.45, 7) is 9.00. The number of carbonyl (C=O) groups excluding carboxylic acids is 2. The van der Waals surface area contributed by atoms with E-state index in [-0.39, 0.29) is 23.3 Å². The van der Waals surface area contributed by atoms with Gasteiger partial charge in [0.15, 0.2) is 0 Å². The predicted molar refractivity (Wildman–Crippen MR) is 146 cm³/mol. The van der Waals surface area contributed by atoms with Crippen molar-refractivity contribution in [2.45, 2.75) is 103 Å². The van der Waals surface area contributed by atoms with Crippen LogP contribution in [-0.4, -0.2) is 35.9 Å². The first kappa shape index (κ1) is 27.8. The van der Waals surface area contributed by atoms with Gasteiger partial charge in [-0.15, -0.1) is 0 Å². The van der Waals surface area contributed by atoms with Gasteiger partial charge in [-0.25, -0.2) is 0 Å². The molecule has 0 radical (unpaired) electrons. The number of hydrogen-bond acceptors (Lipinski definition) is 3. The topological polar surface area (TPSA) is 58.6 Å². The van der Waals surface area contributed by atoms with Crippen LogP contribution in [0.1, 0.15) is 89.3 Å². The number of benzene rings is 2. The SMILES string of the molecule is CC[C@@H](C(=O)NC1CCCCC1)N(Cc1ccc(OC)cc1)C(=O)CCc1ccc(C(C)(C)C)cc1. The summed E-state index contributed by atoms with van der Waals surface area (Å²) in [5, 5.41) is 3.25. The number of nitrogens with one attached hydrogen (secondary N) is 1. The second kappa shape index (κ2) is 12.9. The molecule has 1 atom stereocenters. The highest BCUT2D eigenvalue weighted by molar-refractivity contribution is 5.88. The molecule has 0 aliphatic heterocycles. The van der Waals surface area contributed by atoms with Gasteiger partial charge in [-0.3, -0.25) is 9.59 Å². The van der Waals surface area contributed by atoms with E-state index in [1.807, 2.05) is 31.2 Å². The summed E-state index contributed by atoms with van der Waals surface area (Å²) < 4.78 is 5.29. The van der Waals surface area contributed by atoms with E-state index < -0.39 is 6.04 Å². The molecule has 1 fully saturated rings. The van der Waals surface area contributed by atoms with Gasteiger partial charge in [-0.05, 0) is 59.9 Å². The zero-order valence-electron chi connectivity index (χ0n) is 22.8. The lowest BCUT2D eigenvalue weighted by molar-refractivity contribution is -0.141. The molecule has 5 heteroatoms. The first-order valence-corrected chi connectivity index (χ1v) is 13.5. The summed E-state index contributed by atoms with van der Waals surface area (Å²) in [4.78, 5) is 28.7. The van der Waals surface area contributed by atoms with Gasteiger partial charge in [0.05, 0.1) is 7.11 Å². The van der Waals surface area contributed by atoms with E-state index in [4.69, 9.17) is 4.74 Å². The summed E-state index contributed by atoms with van der Waals surface area (Å²) in [5.41, 5.74) is 3.51. The molecule has 0 spiro atoms. The molecular weight excluding hydrogens is 448 g/mol. The van der Waals surface area contributed by atoms with Crippen LogP contribution >= 0.6 is 0 Å². The third kappa shape index (κ3) is 7.84. The van der Waals surface area contributed by atoms with E-state index in [1.54, 1.807) is 12.0 Å². The van der Waals surface area contributed by atoms with Crippen LogP contribution in [0.4, 0.5) is 0 Å². The second-order valence-electron chi connectivity index (χ2n) is 11.1. The Labute approximate surface area is 217 Å². The molecule has 2 aromatic carbocycles. The fourth-order valence-corrected chi connectivity index (χ4v) is 4.96. The summed E-state index contributed by atoms with van der Waals surface area (Å²) in [5.74, 6) is 0.759. The van der Waals surface area contributed by atoms with E-state index in [9.17, 15) is 9.59 Å². The van der Waals surface area contributed by atoms with Crippen molar-refractivity contribution in [1.82, 2.24) is 10.2 Å². The van der Waals surface area contributed by atoms with Crippen LogP contribution in [0, 0.1) is 0 Å². The molecule has 1 saturated carbocycles. The van der Waals surface area contributed by atoms with E-state index >= 15 is 0 Å². The molecule has 1 aliphatic rings. The summed E-state index contributed by atoms with van der Waals surface area (Å²) >= 11 is 0. The Bertz CT molecular complexity index is 970. The molecule has 2 aromatic rings. The highest BCUT2D eigenvalue weighted by Gasteiger charge is 2.30. The van der Waals surface area contributed by atoms with Gasteiger partial charge in [-0.2, -0.15) is 0 Å². The Balaban J connectivity index is 1.74. The van der Waals surface area contributed by atoms with Gasteiger partial charge < -0.3 is 15.0 Å². The molecule has 2 amide bonds. The predicted octanol–water partition coefficient (Wildman–Crippen LogP) is 6.18. The highest BCUT2D eigenvalue weighted by Crippen LogP contribution is 2.23. The van der Waals surface area contributed by atoms with Crippen molar-refractivity contribution in [2.75, 3.05) is 7.11 Å².